The van der Waals surface area contributed by atoms with Gasteiger partial charge in [0, 0.05) is 44.5 Å². The second-order valence-corrected chi connectivity index (χ2v) is 6.88. The summed E-state index contributed by atoms with van der Waals surface area (Å²) in [5, 5.41) is 4.10. The maximum absolute atomic E-state index is 12.5. The summed E-state index contributed by atoms with van der Waals surface area (Å²) >= 11 is 0. The Balaban J connectivity index is 1.59. The second-order valence-electron chi connectivity index (χ2n) is 6.88. The highest BCUT2D eigenvalue weighted by Crippen LogP contribution is 2.40. The van der Waals surface area contributed by atoms with Gasteiger partial charge in [0.2, 0.25) is 0 Å². The third kappa shape index (κ3) is 3.15. The van der Waals surface area contributed by atoms with E-state index in [1.54, 1.807) is 17.1 Å². The fourth-order valence-electron chi connectivity index (χ4n) is 4.08. The quantitative estimate of drug-likeness (QED) is 0.844. The maximum atomic E-state index is 12.5. The number of likely N-dealkylation sites (N-methyl/N-ethyl adjacent to an activating group) is 1. The molecule has 6 heteroatoms. The van der Waals surface area contributed by atoms with Crippen LogP contribution in [0.3, 0.4) is 0 Å². The number of amides is 1. The lowest BCUT2D eigenvalue weighted by Gasteiger charge is -2.45. The van der Waals surface area contributed by atoms with E-state index < -0.39 is 0 Å². The smallest absolute Gasteiger partial charge is 0.257 e. The largest absolute Gasteiger partial charge is 0.380 e. The molecule has 2 aliphatic heterocycles. The van der Waals surface area contributed by atoms with Crippen molar-refractivity contribution < 1.29 is 9.53 Å². The Morgan fingerprint density at radius 3 is 2.70 bits per heavy atom. The topological polar surface area (TPSA) is 50.6 Å². The van der Waals surface area contributed by atoms with Gasteiger partial charge < -0.3 is 9.64 Å². The average Bonchev–Trinajstić information content (AvgIpc) is 3.12. The molecule has 0 aliphatic carbocycles. The first-order valence-corrected chi connectivity index (χ1v) is 8.64. The monoisotopic (exact) mass is 320 g/mol. The molecule has 2 aliphatic rings. The van der Waals surface area contributed by atoms with Gasteiger partial charge in [-0.25, -0.2) is 0 Å². The Morgan fingerprint density at radius 2 is 2.09 bits per heavy atom. The van der Waals surface area contributed by atoms with Gasteiger partial charge in [-0.05, 0) is 39.7 Å². The van der Waals surface area contributed by atoms with Crippen LogP contribution in [0, 0.1) is 0 Å². The number of likely N-dealkylation sites (tertiary alicyclic amines) is 2. The van der Waals surface area contributed by atoms with Gasteiger partial charge in [0.15, 0.2) is 0 Å². The predicted molar refractivity (Wildman–Crippen MR) is 88.4 cm³/mol. The van der Waals surface area contributed by atoms with E-state index in [2.05, 4.69) is 17.0 Å². The number of carbonyl (C=O) groups excluding carboxylic acids is 1. The summed E-state index contributed by atoms with van der Waals surface area (Å²) in [6.07, 6.45) is 7.98. The molecule has 6 nitrogen and oxygen atoms in total. The molecule has 0 aromatic carbocycles. The van der Waals surface area contributed by atoms with Crippen LogP contribution in [0.4, 0.5) is 0 Å². The minimum Gasteiger partial charge on any atom is -0.380 e. The fourth-order valence-corrected chi connectivity index (χ4v) is 4.08. The summed E-state index contributed by atoms with van der Waals surface area (Å²) in [5.41, 5.74) is 0.950. The zero-order valence-corrected chi connectivity index (χ0v) is 14.5. The van der Waals surface area contributed by atoms with Crippen LogP contribution >= 0.6 is 0 Å². The van der Waals surface area contributed by atoms with Crippen molar-refractivity contribution in [3.05, 3.63) is 18.0 Å². The van der Waals surface area contributed by atoms with Crippen LogP contribution in [0.15, 0.2) is 12.4 Å². The van der Waals surface area contributed by atoms with Gasteiger partial charge in [0.25, 0.3) is 5.91 Å². The molecule has 0 unspecified atom stereocenters. The first-order valence-electron chi connectivity index (χ1n) is 8.64. The van der Waals surface area contributed by atoms with Crippen LogP contribution < -0.4 is 0 Å². The molecule has 1 atom stereocenters. The van der Waals surface area contributed by atoms with E-state index in [0.29, 0.717) is 11.6 Å². The molecule has 2 saturated heterocycles. The van der Waals surface area contributed by atoms with Crippen molar-refractivity contribution in [2.45, 2.75) is 44.2 Å². The molecule has 3 heterocycles. The molecule has 23 heavy (non-hydrogen) atoms. The maximum Gasteiger partial charge on any atom is 0.257 e. The van der Waals surface area contributed by atoms with E-state index in [-0.39, 0.29) is 11.4 Å². The fraction of sp³-hybridized carbons (Fsp3) is 0.765. The molecule has 1 spiro atoms. The molecule has 1 amide bonds. The zero-order chi connectivity index (χ0) is 16.4. The predicted octanol–water partition coefficient (Wildman–Crippen LogP) is 1.53. The summed E-state index contributed by atoms with van der Waals surface area (Å²) in [6, 6.07) is 0.524. The van der Waals surface area contributed by atoms with Crippen molar-refractivity contribution in [3.8, 4) is 0 Å². The Kier molecular flexibility index (Phi) is 4.73. The lowest BCUT2D eigenvalue weighted by Crippen LogP contribution is -2.54. The van der Waals surface area contributed by atoms with Gasteiger partial charge in [-0.1, -0.05) is 0 Å². The lowest BCUT2D eigenvalue weighted by atomic mass is 9.85. The van der Waals surface area contributed by atoms with Crippen LogP contribution in [-0.4, -0.2) is 70.4 Å². The number of hydrogen-bond acceptors (Lipinski definition) is 4. The van der Waals surface area contributed by atoms with Crippen molar-refractivity contribution in [2.75, 3.05) is 33.4 Å². The van der Waals surface area contributed by atoms with Crippen molar-refractivity contribution >= 4 is 5.91 Å². The van der Waals surface area contributed by atoms with E-state index >= 15 is 0 Å². The number of rotatable bonds is 4. The molecule has 1 aromatic rings. The molecule has 0 saturated carbocycles. The third-order valence-electron chi connectivity index (χ3n) is 5.69. The summed E-state index contributed by atoms with van der Waals surface area (Å²) in [5.74, 6) is 0.111. The number of carbonyl (C=O) groups is 1. The summed E-state index contributed by atoms with van der Waals surface area (Å²) in [4.78, 5) is 17.0. The number of aryl methyl sites for hydroxylation is 1. The van der Waals surface area contributed by atoms with E-state index in [9.17, 15) is 4.79 Å². The second kappa shape index (κ2) is 6.61. The van der Waals surface area contributed by atoms with E-state index in [1.807, 2.05) is 18.9 Å². The number of hydrogen-bond donors (Lipinski definition) is 0. The number of aromatic nitrogens is 2. The van der Waals surface area contributed by atoms with Gasteiger partial charge in [0.05, 0.1) is 18.4 Å². The molecule has 1 aromatic heterocycles. The van der Waals surface area contributed by atoms with Crippen molar-refractivity contribution in [1.82, 2.24) is 19.6 Å². The standard InChI is InChI=1S/C17H28N4O2/c1-4-23-13-15-5-6-17(20(15)3)7-9-21(10-8-17)16(22)14-11-18-19(2)12-14/h11-12,15H,4-10,13H2,1-3H3/t15-/m0/s1. The molecule has 0 radical (unpaired) electrons. The highest BCUT2D eigenvalue weighted by molar-refractivity contribution is 5.93. The van der Waals surface area contributed by atoms with Crippen molar-refractivity contribution in [2.24, 2.45) is 7.05 Å². The molecule has 128 valence electrons. The Hall–Kier alpha value is -1.40. The number of ether oxygens (including phenoxy) is 1. The normalized spacial score (nSPS) is 24.5. The van der Waals surface area contributed by atoms with E-state index in [0.717, 1.165) is 39.1 Å². The Labute approximate surface area is 138 Å². The Bertz CT molecular complexity index is 549. The SMILES string of the molecule is CCOC[C@@H]1CCC2(CCN(C(=O)c3cnn(C)c3)CC2)N1C. The van der Waals surface area contributed by atoms with Gasteiger partial charge in [0.1, 0.15) is 0 Å². The molecular formula is C17H28N4O2. The number of piperidine rings is 1. The highest BCUT2D eigenvalue weighted by atomic mass is 16.5. The third-order valence-corrected chi connectivity index (χ3v) is 5.69. The molecular weight excluding hydrogens is 292 g/mol. The summed E-state index contributed by atoms with van der Waals surface area (Å²) < 4.78 is 7.31. The minimum atomic E-state index is 0.111. The van der Waals surface area contributed by atoms with Crippen LogP contribution in [0.5, 0.6) is 0 Å². The van der Waals surface area contributed by atoms with Crippen LogP contribution in [0.1, 0.15) is 43.0 Å². The van der Waals surface area contributed by atoms with Crippen molar-refractivity contribution in [1.29, 1.82) is 0 Å². The first kappa shape index (κ1) is 16.5. The van der Waals surface area contributed by atoms with Crippen LogP contribution in [-0.2, 0) is 11.8 Å². The lowest BCUT2D eigenvalue weighted by molar-refractivity contribution is 0.0211. The van der Waals surface area contributed by atoms with Crippen LogP contribution in [0.2, 0.25) is 0 Å². The molecule has 2 fully saturated rings. The minimum absolute atomic E-state index is 0.111. The molecule has 3 rings (SSSR count). The first-order chi connectivity index (χ1) is 11.1. The van der Waals surface area contributed by atoms with Gasteiger partial charge in [-0.3, -0.25) is 14.4 Å². The van der Waals surface area contributed by atoms with E-state index in [1.165, 1.54) is 12.8 Å². The zero-order valence-electron chi connectivity index (χ0n) is 14.5. The van der Waals surface area contributed by atoms with Crippen LogP contribution in [0.25, 0.3) is 0 Å². The van der Waals surface area contributed by atoms with Gasteiger partial charge in [-0.15, -0.1) is 0 Å². The van der Waals surface area contributed by atoms with Gasteiger partial charge >= 0.3 is 0 Å². The summed E-state index contributed by atoms with van der Waals surface area (Å²) in [7, 11) is 4.07. The van der Waals surface area contributed by atoms with E-state index in [4.69, 9.17) is 4.74 Å². The molecule has 0 bridgehead atoms. The Morgan fingerprint density at radius 1 is 1.35 bits per heavy atom. The summed E-state index contributed by atoms with van der Waals surface area (Å²) in [6.45, 7) is 5.32. The van der Waals surface area contributed by atoms with Gasteiger partial charge in [-0.2, -0.15) is 5.10 Å². The number of nitrogens with zero attached hydrogens (tertiary/aromatic N) is 4. The highest BCUT2D eigenvalue weighted by Gasteiger charge is 2.46. The molecule has 0 N–H and O–H groups in total. The van der Waals surface area contributed by atoms with Crippen molar-refractivity contribution in [3.63, 3.8) is 0 Å². The average molecular weight is 320 g/mol.